The van der Waals surface area contributed by atoms with Gasteiger partial charge in [0.05, 0.1) is 28.0 Å². The molecule has 4 saturated carbocycles. The maximum absolute atomic E-state index is 17.3. The number of nitrogen functional groups attached to an aromatic ring is 1. The molecule has 0 radical (unpaired) electrons. The van der Waals surface area contributed by atoms with Gasteiger partial charge in [-0.2, -0.15) is 9.97 Å². The van der Waals surface area contributed by atoms with Crippen LogP contribution < -0.4 is 20.7 Å². The molecule has 3 aromatic carbocycles. The van der Waals surface area contributed by atoms with E-state index >= 15 is 8.78 Å². The lowest BCUT2D eigenvalue weighted by Crippen LogP contribution is -2.51. The van der Waals surface area contributed by atoms with Gasteiger partial charge in [0.2, 0.25) is 0 Å². The van der Waals surface area contributed by atoms with E-state index in [1.807, 2.05) is 0 Å². The van der Waals surface area contributed by atoms with Crippen LogP contribution in [0.5, 0.6) is 6.01 Å². The van der Waals surface area contributed by atoms with Gasteiger partial charge in [-0.05, 0) is 92.7 Å². The minimum atomic E-state index is -0.931. The van der Waals surface area contributed by atoms with Gasteiger partial charge in [-0.15, -0.1) is 6.42 Å². The third kappa shape index (κ3) is 4.67. The Hall–Kier alpha value is -4.56. The molecule has 246 valence electrons. The number of nitrogens with zero attached hydrogens (tertiary/aromatic N) is 4. The van der Waals surface area contributed by atoms with Gasteiger partial charge in [-0.1, -0.05) is 12.0 Å². The Balaban J connectivity index is 1.23. The highest BCUT2D eigenvalue weighted by molar-refractivity contribution is 6.07. The summed E-state index contributed by atoms with van der Waals surface area (Å²) in [6.45, 7) is 1.71. The smallest absolute Gasteiger partial charge is 0.319 e. The molecule has 3 N–H and O–H groups in total. The Bertz CT molecular complexity index is 2030. The average molecular weight is 651 g/mol. The zero-order valence-corrected chi connectivity index (χ0v) is 26.5. The van der Waals surface area contributed by atoms with Crippen molar-refractivity contribution in [3.63, 3.8) is 0 Å². The third-order valence-corrected chi connectivity index (χ3v) is 11.8. The Morgan fingerprint density at radius 2 is 1.75 bits per heavy atom. The number of terminal acetylenes is 1. The number of benzene rings is 3. The number of hydrogen-bond donors (Lipinski definition) is 2. The fraction of sp³-hybridized carbons (Fsp3) is 0.459. The molecule has 6 bridgehead atoms. The minimum absolute atomic E-state index is 0.0277. The SMILES string of the molecule is C#Cc1c(F)ccc2cc(N)cc(-c3c([N+](=O)[O-])cc4c(N5C[C@H]6CC[C@@H](C5)N6)nc(OCC56CC7CC(CC(C7)C5)C6)nc4c3F)c12. The van der Waals surface area contributed by atoms with Crippen molar-refractivity contribution < 1.29 is 18.4 Å². The Kier molecular flexibility index (Phi) is 6.61. The molecule has 9 nitrogen and oxygen atoms in total. The molecule has 11 heteroatoms. The maximum atomic E-state index is 17.3. The van der Waals surface area contributed by atoms with Gasteiger partial charge in [0.1, 0.15) is 17.2 Å². The second-order valence-corrected chi connectivity index (χ2v) is 15.1. The van der Waals surface area contributed by atoms with Gasteiger partial charge < -0.3 is 20.7 Å². The minimum Gasteiger partial charge on any atom is -0.463 e. The van der Waals surface area contributed by atoms with E-state index in [9.17, 15) is 10.1 Å². The number of aromatic nitrogens is 2. The second-order valence-electron chi connectivity index (χ2n) is 15.1. The zero-order valence-electron chi connectivity index (χ0n) is 26.5. The predicted octanol–water partition coefficient (Wildman–Crippen LogP) is 6.74. The van der Waals surface area contributed by atoms with Crippen molar-refractivity contribution in [1.29, 1.82) is 0 Å². The molecule has 0 spiro atoms. The van der Waals surface area contributed by atoms with Crippen LogP contribution in [0.15, 0.2) is 30.3 Å². The highest BCUT2D eigenvalue weighted by Gasteiger charge is 2.51. The van der Waals surface area contributed by atoms with Crippen LogP contribution in [0.4, 0.5) is 26.0 Å². The summed E-state index contributed by atoms with van der Waals surface area (Å²) in [4.78, 5) is 23.7. The molecule has 48 heavy (non-hydrogen) atoms. The summed E-state index contributed by atoms with van der Waals surface area (Å²) in [5.41, 5.74) is 5.45. The monoisotopic (exact) mass is 650 g/mol. The molecule has 0 amide bonds. The summed E-state index contributed by atoms with van der Waals surface area (Å²) in [5.74, 6) is 3.34. The van der Waals surface area contributed by atoms with Crippen molar-refractivity contribution in [1.82, 2.24) is 15.3 Å². The third-order valence-electron chi connectivity index (χ3n) is 11.8. The van der Waals surface area contributed by atoms with Crippen LogP contribution in [0.25, 0.3) is 32.8 Å². The van der Waals surface area contributed by atoms with E-state index in [1.54, 1.807) is 6.07 Å². The molecule has 4 aliphatic carbocycles. The number of rotatable bonds is 6. The Morgan fingerprint density at radius 3 is 2.40 bits per heavy atom. The number of nitro groups is 1. The summed E-state index contributed by atoms with van der Waals surface area (Å²) >= 11 is 0. The van der Waals surface area contributed by atoms with Crippen molar-refractivity contribution in [2.45, 2.75) is 63.5 Å². The summed E-state index contributed by atoms with van der Waals surface area (Å²) < 4.78 is 38.7. The van der Waals surface area contributed by atoms with Crippen LogP contribution in [0.2, 0.25) is 0 Å². The number of nitrogens with two attached hydrogens (primary N) is 1. The van der Waals surface area contributed by atoms with Crippen LogP contribution in [-0.4, -0.2) is 46.7 Å². The van der Waals surface area contributed by atoms with Crippen LogP contribution in [-0.2, 0) is 0 Å². The molecular formula is C37H36F2N6O3. The van der Waals surface area contributed by atoms with Crippen molar-refractivity contribution in [2.24, 2.45) is 23.2 Å². The number of ether oxygens (including phenoxy) is 1. The lowest BCUT2D eigenvalue weighted by molar-refractivity contribution is -0.384. The number of hydrogen-bond acceptors (Lipinski definition) is 8. The van der Waals surface area contributed by atoms with Gasteiger partial charge in [0.25, 0.3) is 5.69 Å². The largest absolute Gasteiger partial charge is 0.463 e. The summed E-state index contributed by atoms with van der Waals surface area (Å²) in [6, 6.07) is 7.54. The van der Waals surface area contributed by atoms with E-state index < -0.39 is 22.2 Å². The number of halogens is 2. The van der Waals surface area contributed by atoms with Crippen LogP contribution in [0, 0.1) is 57.3 Å². The van der Waals surface area contributed by atoms with Gasteiger partial charge in [-0.3, -0.25) is 10.1 Å². The van der Waals surface area contributed by atoms with Crippen molar-refractivity contribution in [2.75, 3.05) is 30.3 Å². The number of anilines is 2. The van der Waals surface area contributed by atoms with Crippen LogP contribution >= 0.6 is 0 Å². The van der Waals surface area contributed by atoms with E-state index in [-0.39, 0.29) is 62.2 Å². The highest BCUT2D eigenvalue weighted by atomic mass is 19.1. The number of piperazine rings is 1. The van der Waals surface area contributed by atoms with Crippen molar-refractivity contribution in [3.8, 4) is 29.5 Å². The van der Waals surface area contributed by atoms with E-state index in [0.29, 0.717) is 30.9 Å². The normalized spacial score (nSPS) is 28.7. The molecule has 2 saturated heterocycles. The molecule has 10 rings (SSSR count). The molecule has 3 heterocycles. The predicted molar refractivity (Wildman–Crippen MR) is 180 cm³/mol. The topological polar surface area (TPSA) is 119 Å². The van der Waals surface area contributed by atoms with Crippen LogP contribution in [0.3, 0.4) is 0 Å². The molecule has 1 aromatic heterocycles. The molecule has 2 atom stereocenters. The Labute approximate surface area is 276 Å². The van der Waals surface area contributed by atoms with Crippen LogP contribution in [0.1, 0.15) is 56.9 Å². The van der Waals surface area contributed by atoms with Gasteiger partial charge >= 0.3 is 6.01 Å². The molecular weight excluding hydrogens is 614 g/mol. The number of nitro benzene ring substituents is 1. The average Bonchev–Trinajstić information content (AvgIpc) is 3.39. The second kappa shape index (κ2) is 10.7. The zero-order chi connectivity index (χ0) is 32.9. The standard InChI is InChI=1S/C37H36F2N6O3/c1-2-26-29(38)6-3-22-10-23(40)11-27(31(22)26)32-30(45(46)47)12-28-34(33(32)39)42-36(43-35(28)44-16-24-4-5-25(17-44)41-24)48-18-37-13-19-7-20(14-37)9-21(8-19)15-37/h1,3,6,10-12,19-21,24-25,41H,4-5,7-9,13-18,40H2/t19?,20?,21?,24-,25+,37?. The highest BCUT2D eigenvalue weighted by Crippen LogP contribution is 2.60. The first-order valence-corrected chi connectivity index (χ1v) is 17.0. The quantitative estimate of drug-likeness (QED) is 0.102. The first-order valence-electron chi connectivity index (χ1n) is 17.0. The Morgan fingerprint density at radius 1 is 1.06 bits per heavy atom. The van der Waals surface area contributed by atoms with Gasteiger partial charge in [0, 0.05) is 53.3 Å². The molecule has 6 fully saturated rings. The maximum Gasteiger partial charge on any atom is 0.319 e. The summed E-state index contributed by atoms with van der Waals surface area (Å²) in [6.07, 6.45) is 15.0. The van der Waals surface area contributed by atoms with Gasteiger partial charge in [-0.25, -0.2) is 8.78 Å². The summed E-state index contributed by atoms with van der Waals surface area (Å²) in [7, 11) is 0. The lowest BCUT2D eigenvalue weighted by atomic mass is 9.50. The number of nitrogens with one attached hydrogen (secondary N) is 1. The van der Waals surface area contributed by atoms with E-state index in [4.69, 9.17) is 21.9 Å². The summed E-state index contributed by atoms with van der Waals surface area (Å²) in [5, 5.41) is 17.1. The van der Waals surface area contributed by atoms with E-state index in [2.05, 4.69) is 21.1 Å². The lowest BCUT2D eigenvalue weighted by Gasteiger charge is -2.56. The van der Waals surface area contributed by atoms with Crippen molar-refractivity contribution in [3.05, 3.63) is 57.6 Å². The first kappa shape index (κ1) is 29.6. The molecule has 2 aliphatic heterocycles. The van der Waals surface area contributed by atoms with E-state index in [1.165, 1.54) is 43.5 Å². The fourth-order valence-electron chi connectivity index (χ4n) is 10.3. The van der Waals surface area contributed by atoms with Gasteiger partial charge in [0.15, 0.2) is 5.82 Å². The molecule has 6 aliphatic rings. The van der Waals surface area contributed by atoms with E-state index in [0.717, 1.165) is 49.9 Å². The molecule has 0 unspecified atom stereocenters. The first-order chi connectivity index (χ1) is 23.2. The van der Waals surface area contributed by atoms with Crippen molar-refractivity contribution >= 4 is 38.9 Å². The number of fused-ring (bicyclic) bond motifs is 4. The fourth-order valence-corrected chi connectivity index (χ4v) is 10.3. The molecule has 4 aromatic rings.